The van der Waals surface area contributed by atoms with E-state index in [1.54, 1.807) is 37.1 Å². The molecule has 120 heavy (non-hydrogen) atoms. The summed E-state index contributed by atoms with van der Waals surface area (Å²) in [4.78, 5) is 12.4. The minimum absolute atomic E-state index is 0.417. The predicted molar refractivity (Wildman–Crippen MR) is 484 cm³/mol. The smallest absolute Gasteiger partial charge is 0.145 e. The summed E-state index contributed by atoms with van der Waals surface area (Å²) in [6.07, 6.45) is 8.40. The minimum Gasteiger partial charge on any atom is -0.455 e. The molecule has 0 unspecified atom stereocenters. The lowest BCUT2D eigenvalue weighted by Gasteiger charge is -2.11. The quantitative estimate of drug-likeness (QED) is 0.137. The Kier molecular flexibility index (Phi) is 16.8. The predicted octanol–water partition coefficient (Wildman–Crippen LogP) is 27.9. The molecule has 0 aliphatic heterocycles. The van der Waals surface area contributed by atoms with Crippen LogP contribution in [0.5, 0.6) is 0 Å². The third-order valence-corrected chi connectivity index (χ3v) is 23.2. The number of furan rings is 3. The van der Waals surface area contributed by atoms with Crippen molar-refractivity contribution in [1.29, 1.82) is 15.8 Å². The van der Waals surface area contributed by atoms with Gasteiger partial charge in [-0.3, -0.25) is 9.97 Å². The standard InChI is InChI=1S/3C36H21N3O/c37-22-27-20-26(18-19-38-27)24-14-12-23(13-15-24)25-6-5-7-28(21-25)39-32-10-3-1-9-31(32)35-33(39)17-16-30-29-8-2-4-11-34(29)40-36(30)35;37-21-26-22-38-19-18-28(26)24-14-12-23(13-15-24)25-6-5-7-27(20-25)39-32-10-3-1-9-31(32)35-33(39)17-16-30-29-8-2-4-11-34(29)40-36(30)35;37-21-26-18-19-38-22-31(26)24-14-12-23(13-15-24)25-6-5-7-27(20-25)39-32-10-3-1-9-30(32)35-33(39)17-16-29-28-8-2-4-11-34(28)40-36(29)35/h1-21H;2*1-20,22H. The van der Waals surface area contributed by atoms with Crippen LogP contribution in [0.15, 0.2) is 396 Å². The average Bonchev–Trinajstić information content (AvgIpc) is 1.57. The van der Waals surface area contributed by atoms with Crippen LogP contribution in [0.1, 0.15) is 16.8 Å². The molecule has 0 fully saturated rings. The van der Waals surface area contributed by atoms with Gasteiger partial charge in [-0.25, -0.2) is 4.98 Å². The number of benzene rings is 15. The molecule has 12 heteroatoms. The van der Waals surface area contributed by atoms with E-state index in [9.17, 15) is 15.8 Å². The number of pyridine rings is 3. The van der Waals surface area contributed by atoms with Crippen LogP contribution in [0.25, 0.3) is 215 Å². The van der Waals surface area contributed by atoms with Gasteiger partial charge in [0.05, 0.1) is 66.5 Å². The first kappa shape index (κ1) is 69.7. The molecule has 558 valence electrons. The third-order valence-electron chi connectivity index (χ3n) is 23.2. The van der Waals surface area contributed by atoms with Crippen molar-refractivity contribution in [3.8, 4) is 102 Å². The van der Waals surface area contributed by atoms with Crippen molar-refractivity contribution in [2.75, 3.05) is 0 Å². The fraction of sp³-hybridized carbons (Fsp3) is 0. The van der Waals surface area contributed by atoms with Crippen LogP contribution in [0.4, 0.5) is 0 Å². The van der Waals surface area contributed by atoms with E-state index >= 15 is 0 Å². The van der Waals surface area contributed by atoms with E-state index in [1.165, 1.54) is 16.2 Å². The highest BCUT2D eigenvalue weighted by Crippen LogP contribution is 2.46. The molecule has 12 nitrogen and oxygen atoms in total. The third kappa shape index (κ3) is 11.7. The summed E-state index contributed by atoms with van der Waals surface area (Å²) in [5.41, 5.74) is 29.6. The summed E-state index contributed by atoms with van der Waals surface area (Å²) in [5.74, 6) is 0. The molecule has 0 saturated carbocycles. The molecule has 15 aromatic carbocycles. The molecule has 0 amide bonds. The van der Waals surface area contributed by atoms with Gasteiger partial charge in [0.1, 0.15) is 51.3 Å². The Morgan fingerprint density at radius 1 is 0.233 bits per heavy atom. The van der Waals surface area contributed by atoms with Gasteiger partial charge in [0.15, 0.2) is 0 Å². The lowest BCUT2D eigenvalue weighted by molar-refractivity contribution is 0.672. The number of hydrogen-bond donors (Lipinski definition) is 0. The highest BCUT2D eigenvalue weighted by molar-refractivity contribution is 6.27. The van der Waals surface area contributed by atoms with Crippen LogP contribution in [0.2, 0.25) is 0 Å². The Labute approximate surface area is 686 Å². The normalized spacial score (nSPS) is 11.5. The lowest BCUT2D eigenvalue weighted by atomic mass is 9.98. The summed E-state index contributed by atoms with van der Waals surface area (Å²) < 4.78 is 26.3. The fourth-order valence-corrected chi connectivity index (χ4v) is 17.7. The van der Waals surface area contributed by atoms with Crippen LogP contribution in [0.3, 0.4) is 0 Å². The van der Waals surface area contributed by atoms with Crippen molar-refractivity contribution in [2.45, 2.75) is 0 Å². The van der Waals surface area contributed by atoms with Crippen molar-refractivity contribution in [1.82, 2.24) is 28.7 Å². The minimum atomic E-state index is 0.417. The maximum atomic E-state index is 9.49. The molecular weight excluding hydrogens is 1470 g/mol. The van der Waals surface area contributed by atoms with Gasteiger partial charge in [0.25, 0.3) is 0 Å². The van der Waals surface area contributed by atoms with Crippen molar-refractivity contribution in [3.63, 3.8) is 0 Å². The zero-order valence-electron chi connectivity index (χ0n) is 64.1. The van der Waals surface area contributed by atoms with Gasteiger partial charge in [-0.05, 0) is 189 Å². The van der Waals surface area contributed by atoms with Gasteiger partial charge < -0.3 is 27.0 Å². The van der Waals surface area contributed by atoms with Gasteiger partial charge in [0, 0.05) is 108 Å². The van der Waals surface area contributed by atoms with Crippen molar-refractivity contribution in [3.05, 3.63) is 400 Å². The van der Waals surface area contributed by atoms with E-state index in [4.69, 9.17) is 13.3 Å². The molecule has 0 aliphatic rings. The summed E-state index contributed by atoms with van der Waals surface area (Å²) in [5, 5.41) is 41.9. The first-order valence-corrected chi connectivity index (χ1v) is 39.6. The van der Waals surface area contributed by atoms with Crippen LogP contribution < -0.4 is 0 Å². The van der Waals surface area contributed by atoms with E-state index in [1.807, 2.05) is 54.6 Å². The first-order valence-electron chi connectivity index (χ1n) is 39.6. The number of hydrogen-bond acceptors (Lipinski definition) is 9. The monoisotopic (exact) mass is 1530 g/mol. The maximum absolute atomic E-state index is 9.49. The second-order valence-corrected chi connectivity index (χ2v) is 29.9. The van der Waals surface area contributed by atoms with Crippen LogP contribution in [-0.4, -0.2) is 28.7 Å². The Bertz CT molecular complexity index is 8080. The van der Waals surface area contributed by atoms with Gasteiger partial charge in [-0.1, -0.05) is 218 Å². The molecule has 0 atom stereocenters. The van der Waals surface area contributed by atoms with Crippen LogP contribution in [-0.2, 0) is 0 Å². The summed E-state index contributed by atoms with van der Waals surface area (Å²) in [7, 11) is 0. The topological polar surface area (TPSA) is 164 Å². The number of nitriles is 3. The molecule has 0 bridgehead atoms. The molecule has 0 saturated heterocycles. The molecule has 0 aliphatic carbocycles. The second-order valence-electron chi connectivity index (χ2n) is 29.9. The Morgan fingerprint density at radius 2 is 0.583 bits per heavy atom. The fourth-order valence-electron chi connectivity index (χ4n) is 17.7. The van der Waals surface area contributed by atoms with E-state index < -0.39 is 0 Å². The largest absolute Gasteiger partial charge is 0.455 e. The van der Waals surface area contributed by atoms with Crippen molar-refractivity contribution >= 4 is 131 Å². The van der Waals surface area contributed by atoms with Crippen molar-refractivity contribution < 1.29 is 13.3 Å². The molecule has 9 heterocycles. The number of nitrogens with zero attached hydrogens (tertiary/aromatic N) is 9. The highest BCUT2D eigenvalue weighted by Gasteiger charge is 2.24. The lowest BCUT2D eigenvalue weighted by Crippen LogP contribution is -1.94. The second kappa shape index (κ2) is 28.8. The zero-order valence-corrected chi connectivity index (χ0v) is 64.1. The molecule has 24 aromatic rings. The van der Waals surface area contributed by atoms with E-state index in [0.29, 0.717) is 16.8 Å². The first-order chi connectivity index (χ1) is 59.4. The SMILES string of the molecule is N#Cc1cc(-c2ccc(-c3cccc(-n4c5ccccc5c5c6oc7ccccc7c6ccc54)c3)cc2)ccn1.N#Cc1ccncc1-c1ccc(-c2cccc(-n3c4ccccc4c4c5oc6ccccc6c5ccc43)c2)cc1.N#Cc1cnccc1-c1ccc(-c2cccc(-n3c4ccccc4c4c5oc6ccccc6c5ccc43)c2)cc1. The van der Waals surface area contributed by atoms with E-state index in [-0.39, 0.29) is 0 Å². The average molecular weight is 1530 g/mol. The number of rotatable bonds is 9. The maximum Gasteiger partial charge on any atom is 0.145 e. The molecule has 0 spiro atoms. The number of para-hydroxylation sites is 6. The zero-order chi connectivity index (χ0) is 79.9. The Hall–Kier alpha value is -17.0. The molecule has 24 rings (SSSR count). The summed E-state index contributed by atoms with van der Waals surface area (Å²) in [6.45, 7) is 0. The van der Waals surface area contributed by atoms with Gasteiger partial charge in [-0.2, -0.15) is 15.8 Å². The molecular formula is C108H63N9O3. The van der Waals surface area contributed by atoms with E-state index in [2.05, 4.69) is 338 Å². The van der Waals surface area contributed by atoms with Gasteiger partial charge >= 0.3 is 0 Å². The Morgan fingerprint density at radius 3 is 0.983 bits per heavy atom. The molecule has 0 N–H and O–H groups in total. The molecule has 9 aromatic heterocycles. The van der Waals surface area contributed by atoms with Crippen molar-refractivity contribution in [2.24, 2.45) is 0 Å². The van der Waals surface area contributed by atoms with Gasteiger partial charge in [-0.15, -0.1) is 0 Å². The van der Waals surface area contributed by atoms with Crippen LogP contribution >= 0.6 is 0 Å². The number of aromatic nitrogens is 6. The van der Waals surface area contributed by atoms with Gasteiger partial charge in [0.2, 0.25) is 0 Å². The summed E-state index contributed by atoms with van der Waals surface area (Å²) >= 11 is 0. The number of fused-ring (bicyclic) bond motifs is 21. The highest BCUT2D eigenvalue weighted by atomic mass is 16.3. The summed E-state index contributed by atoms with van der Waals surface area (Å²) in [6, 6.07) is 128. The van der Waals surface area contributed by atoms with Crippen LogP contribution in [0, 0.1) is 34.0 Å². The Balaban J connectivity index is 0.000000108. The molecule has 0 radical (unpaired) electrons. The van der Waals surface area contributed by atoms with E-state index in [0.717, 1.165) is 199 Å².